The molecule has 2 aromatic carbocycles. The lowest BCUT2D eigenvalue weighted by molar-refractivity contribution is -0.125. The number of carbonyl (C=O) groups is 2. The summed E-state index contributed by atoms with van der Waals surface area (Å²) in [7, 11) is 0. The lowest BCUT2D eigenvalue weighted by Gasteiger charge is -2.29. The highest BCUT2D eigenvalue weighted by Gasteiger charge is 2.48. The van der Waals surface area contributed by atoms with Crippen LogP contribution >= 0.6 is 0 Å². The molecule has 0 spiro atoms. The van der Waals surface area contributed by atoms with Gasteiger partial charge in [-0.3, -0.25) is 14.5 Å². The van der Waals surface area contributed by atoms with Gasteiger partial charge in [-0.05, 0) is 42.4 Å². The van der Waals surface area contributed by atoms with E-state index >= 15 is 0 Å². The van der Waals surface area contributed by atoms with Gasteiger partial charge in [0.15, 0.2) is 17.3 Å². The maximum atomic E-state index is 13.3. The number of guanidine groups is 1. The molecule has 0 saturated heterocycles. The molecule has 10 heteroatoms. The minimum Gasteiger partial charge on any atom is -0.503 e. The standard InChI is InChI=1S/C23H16N4O6/c1-12-10-11-17(32-12)20(28)18-19(13-6-2-3-7-14(13)25-31)27(22(30)21(18)29)23-24-15-8-4-5-9-16(15)33-26-23/h2-11,19,29H,1H3,(H,24,26). The number of Topliss-reactive ketones (excluding diaryl/α,β-unsaturated/α-hetero) is 1. The van der Waals surface area contributed by atoms with Crippen LogP contribution in [0.15, 0.2) is 86.6 Å². The first-order valence-corrected chi connectivity index (χ1v) is 9.90. The van der Waals surface area contributed by atoms with E-state index in [-0.39, 0.29) is 28.5 Å². The number of fused-ring (bicyclic) bond motifs is 1. The summed E-state index contributed by atoms with van der Waals surface area (Å²) >= 11 is 0. The Hall–Kier alpha value is -4.73. The molecule has 2 N–H and O–H groups in total. The Kier molecular flexibility index (Phi) is 4.74. The Bertz CT molecular complexity index is 1370. The second-order valence-electron chi connectivity index (χ2n) is 7.34. The third-order valence-corrected chi connectivity index (χ3v) is 5.32. The number of furan rings is 1. The van der Waals surface area contributed by atoms with Crippen LogP contribution in [0.2, 0.25) is 0 Å². The summed E-state index contributed by atoms with van der Waals surface area (Å²) in [6.45, 7) is 1.66. The highest BCUT2D eigenvalue weighted by molar-refractivity contribution is 6.19. The van der Waals surface area contributed by atoms with E-state index in [1.54, 1.807) is 55.5 Å². The SMILES string of the molecule is Cc1ccc(C(=O)C2=C(O)C(=O)N(C3=Nc4ccccc4ON3)C2c2ccccc2N=O)o1. The summed E-state index contributed by atoms with van der Waals surface area (Å²) in [5.74, 6) is -1.63. The molecule has 0 aliphatic carbocycles. The normalized spacial score (nSPS) is 17.2. The number of para-hydroxylation sites is 2. The van der Waals surface area contributed by atoms with Crippen molar-refractivity contribution in [2.24, 2.45) is 10.2 Å². The second-order valence-corrected chi connectivity index (χ2v) is 7.34. The van der Waals surface area contributed by atoms with Gasteiger partial charge in [0.2, 0.25) is 11.7 Å². The van der Waals surface area contributed by atoms with E-state index in [4.69, 9.17) is 9.25 Å². The number of nitrogens with one attached hydrogen (secondary N) is 1. The van der Waals surface area contributed by atoms with Gasteiger partial charge >= 0.3 is 0 Å². The number of nitroso groups, excluding NO2 is 1. The van der Waals surface area contributed by atoms with Crippen molar-refractivity contribution < 1.29 is 24.0 Å². The van der Waals surface area contributed by atoms with Gasteiger partial charge in [-0.2, -0.15) is 5.48 Å². The number of aliphatic hydroxyl groups excluding tert-OH is 1. The number of aryl methyl sites for hydroxylation is 1. The number of benzene rings is 2. The Labute approximate surface area is 186 Å². The van der Waals surface area contributed by atoms with Crippen molar-refractivity contribution in [2.75, 3.05) is 0 Å². The molecule has 10 nitrogen and oxygen atoms in total. The molecule has 1 amide bonds. The Morgan fingerprint density at radius 1 is 1.12 bits per heavy atom. The van der Waals surface area contributed by atoms with Gasteiger partial charge in [0.05, 0.1) is 5.57 Å². The van der Waals surface area contributed by atoms with E-state index in [1.807, 2.05) is 0 Å². The van der Waals surface area contributed by atoms with Gasteiger partial charge in [-0.15, -0.1) is 4.91 Å². The fraction of sp³-hybridized carbons (Fsp3) is 0.0870. The zero-order valence-electron chi connectivity index (χ0n) is 17.2. The van der Waals surface area contributed by atoms with E-state index in [9.17, 15) is 19.6 Å². The van der Waals surface area contributed by atoms with Crippen LogP contribution in [0.1, 0.15) is 27.9 Å². The summed E-state index contributed by atoms with van der Waals surface area (Å²) in [6, 6.07) is 14.9. The van der Waals surface area contributed by atoms with Crippen molar-refractivity contribution in [3.8, 4) is 5.75 Å². The predicted octanol–water partition coefficient (Wildman–Crippen LogP) is 4.15. The van der Waals surface area contributed by atoms with Crippen LogP contribution < -0.4 is 10.3 Å². The molecular formula is C23H16N4O6. The lowest BCUT2D eigenvalue weighted by Crippen LogP contribution is -2.47. The van der Waals surface area contributed by atoms with Gasteiger partial charge in [-0.1, -0.05) is 30.3 Å². The van der Waals surface area contributed by atoms with Crippen molar-refractivity contribution in [1.29, 1.82) is 0 Å². The maximum absolute atomic E-state index is 13.3. The molecule has 2 aliphatic rings. The van der Waals surface area contributed by atoms with E-state index in [0.717, 1.165) is 4.90 Å². The van der Waals surface area contributed by atoms with Crippen molar-refractivity contribution >= 4 is 29.0 Å². The molecule has 1 unspecified atom stereocenters. The number of rotatable bonds is 4. The smallest absolute Gasteiger partial charge is 0.296 e. The van der Waals surface area contributed by atoms with Crippen LogP contribution in [0.5, 0.6) is 5.75 Å². The Balaban J connectivity index is 1.68. The number of ketones is 1. The largest absolute Gasteiger partial charge is 0.503 e. The Morgan fingerprint density at radius 3 is 2.64 bits per heavy atom. The van der Waals surface area contributed by atoms with Crippen LogP contribution in [0, 0.1) is 11.8 Å². The highest BCUT2D eigenvalue weighted by atomic mass is 16.7. The number of nitrogens with zero attached hydrogens (tertiary/aromatic N) is 3. The van der Waals surface area contributed by atoms with Gasteiger partial charge < -0.3 is 14.4 Å². The molecular weight excluding hydrogens is 428 g/mol. The van der Waals surface area contributed by atoms with Gasteiger partial charge in [0, 0.05) is 5.56 Å². The van der Waals surface area contributed by atoms with Crippen LogP contribution in [-0.4, -0.2) is 27.7 Å². The van der Waals surface area contributed by atoms with Gasteiger partial charge in [0.25, 0.3) is 5.91 Å². The zero-order chi connectivity index (χ0) is 23.1. The van der Waals surface area contributed by atoms with Crippen molar-refractivity contribution in [2.45, 2.75) is 13.0 Å². The molecule has 5 rings (SSSR count). The number of aliphatic imine (C=N–C) groups is 1. The molecule has 0 fully saturated rings. The third-order valence-electron chi connectivity index (χ3n) is 5.32. The van der Waals surface area contributed by atoms with E-state index in [1.165, 1.54) is 12.1 Å². The van der Waals surface area contributed by atoms with Crippen LogP contribution in [0.25, 0.3) is 0 Å². The van der Waals surface area contributed by atoms with E-state index < -0.39 is 23.5 Å². The number of hydroxylamine groups is 1. The number of carbonyl (C=O) groups excluding carboxylic acids is 2. The first kappa shape index (κ1) is 20.2. The molecule has 1 atom stereocenters. The molecule has 2 aliphatic heterocycles. The minimum atomic E-state index is -1.22. The number of aliphatic hydroxyl groups is 1. The van der Waals surface area contributed by atoms with Crippen molar-refractivity contribution in [1.82, 2.24) is 10.4 Å². The van der Waals surface area contributed by atoms with E-state index in [0.29, 0.717) is 17.2 Å². The molecule has 33 heavy (non-hydrogen) atoms. The molecule has 3 aromatic rings. The fourth-order valence-corrected chi connectivity index (χ4v) is 3.82. The maximum Gasteiger partial charge on any atom is 0.296 e. The molecule has 0 saturated carbocycles. The Morgan fingerprint density at radius 2 is 1.88 bits per heavy atom. The number of amides is 1. The first-order valence-electron chi connectivity index (χ1n) is 9.90. The van der Waals surface area contributed by atoms with Gasteiger partial charge in [-0.25, -0.2) is 4.99 Å². The highest BCUT2D eigenvalue weighted by Crippen LogP contribution is 2.43. The van der Waals surface area contributed by atoms with E-state index in [2.05, 4.69) is 15.6 Å². The molecule has 0 radical (unpaired) electrons. The summed E-state index contributed by atoms with van der Waals surface area (Å²) in [6.07, 6.45) is 0. The van der Waals surface area contributed by atoms with Gasteiger partial charge in [0.1, 0.15) is 23.2 Å². The quantitative estimate of drug-likeness (QED) is 0.456. The van der Waals surface area contributed by atoms with Crippen LogP contribution in [0.3, 0.4) is 0 Å². The van der Waals surface area contributed by atoms with Crippen molar-refractivity contribution in [3.05, 3.63) is 94.0 Å². The topological polar surface area (TPSA) is 134 Å². The summed E-state index contributed by atoms with van der Waals surface area (Å²) in [4.78, 5) is 49.0. The average Bonchev–Trinajstić information content (AvgIpc) is 3.39. The third kappa shape index (κ3) is 3.24. The fourth-order valence-electron chi connectivity index (χ4n) is 3.82. The first-order chi connectivity index (χ1) is 16.0. The predicted molar refractivity (Wildman–Crippen MR) is 116 cm³/mol. The number of hydrogen-bond donors (Lipinski definition) is 2. The summed E-state index contributed by atoms with van der Waals surface area (Å²) < 4.78 is 5.43. The monoisotopic (exact) mass is 444 g/mol. The van der Waals surface area contributed by atoms with Crippen LogP contribution in [-0.2, 0) is 4.79 Å². The molecule has 1 aromatic heterocycles. The number of hydrogen-bond acceptors (Lipinski definition) is 9. The lowest BCUT2D eigenvalue weighted by atomic mass is 9.94. The second kappa shape index (κ2) is 7.75. The zero-order valence-corrected chi connectivity index (χ0v) is 17.2. The molecule has 164 valence electrons. The van der Waals surface area contributed by atoms with Crippen molar-refractivity contribution in [3.63, 3.8) is 0 Å². The average molecular weight is 444 g/mol. The summed E-state index contributed by atoms with van der Waals surface area (Å²) in [5.41, 5.74) is 2.96. The molecule has 3 heterocycles. The summed E-state index contributed by atoms with van der Waals surface area (Å²) in [5, 5.41) is 13.8. The minimum absolute atomic E-state index is 0.00588. The molecule has 0 bridgehead atoms. The van der Waals surface area contributed by atoms with Crippen LogP contribution in [0.4, 0.5) is 11.4 Å².